The average molecular weight is 310 g/mol. The number of benzene rings is 1. The molecule has 1 heterocycles. The average Bonchev–Trinajstić information content (AvgIpc) is 2.53. The van der Waals surface area contributed by atoms with Gasteiger partial charge < -0.3 is 4.74 Å². The minimum Gasteiger partial charge on any atom is -0.378 e. The number of hydrazine groups is 1. The third kappa shape index (κ3) is 4.93. The maximum atomic E-state index is 11.5. The van der Waals surface area contributed by atoms with E-state index in [0.717, 1.165) is 24.2 Å². The number of anilines is 1. The van der Waals surface area contributed by atoms with Crippen LogP contribution in [-0.2, 0) is 14.6 Å². The van der Waals surface area contributed by atoms with Crippen molar-refractivity contribution in [1.82, 2.24) is 10.0 Å². The highest BCUT2D eigenvalue weighted by molar-refractivity contribution is 7.94. The molecule has 1 fully saturated rings. The molecular weight excluding hydrogens is 288 g/mol. The molecule has 1 aromatic rings. The zero-order valence-electron chi connectivity index (χ0n) is 12.1. The Hall–Kier alpha value is -1.21. The fourth-order valence-corrected chi connectivity index (χ4v) is 3.03. The van der Waals surface area contributed by atoms with E-state index in [1.54, 1.807) is 0 Å². The molecule has 5 nitrogen and oxygen atoms in total. The molecule has 1 aromatic carbocycles. The molecule has 0 bridgehead atoms. The normalized spacial score (nSPS) is 17.0. The molecule has 6 heteroatoms. The van der Waals surface area contributed by atoms with Crippen molar-refractivity contribution < 1.29 is 13.2 Å². The van der Waals surface area contributed by atoms with Crippen LogP contribution in [0, 0.1) is 0 Å². The molecule has 2 rings (SSSR count). The van der Waals surface area contributed by atoms with E-state index in [9.17, 15) is 8.42 Å². The van der Waals surface area contributed by atoms with Crippen LogP contribution in [0.1, 0.15) is 6.42 Å². The second kappa shape index (κ2) is 7.70. The van der Waals surface area contributed by atoms with Gasteiger partial charge >= 0.3 is 0 Å². The van der Waals surface area contributed by atoms with Crippen LogP contribution in [0.4, 0.5) is 5.69 Å². The van der Waals surface area contributed by atoms with Gasteiger partial charge in [0, 0.05) is 24.0 Å². The second-order valence-electron chi connectivity index (χ2n) is 4.91. The second-order valence-corrected chi connectivity index (χ2v) is 6.98. The van der Waals surface area contributed by atoms with Crippen LogP contribution in [0.25, 0.3) is 0 Å². The summed E-state index contributed by atoms with van der Waals surface area (Å²) in [7, 11) is -3.13. The van der Waals surface area contributed by atoms with E-state index in [1.807, 2.05) is 30.3 Å². The van der Waals surface area contributed by atoms with Crippen molar-refractivity contribution in [1.29, 1.82) is 0 Å². The highest BCUT2D eigenvalue weighted by Crippen LogP contribution is 2.17. The number of ether oxygens (including phenoxy) is 1. The van der Waals surface area contributed by atoms with Gasteiger partial charge in [-0.15, -0.1) is 0 Å². The minimum absolute atomic E-state index is 0.129. The Morgan fingerprint density at radius 1 is 1.24 bits per heavy atom. The first-order valence-electron chi connectivity index (χ1n) is 7.13. The molecule has 0 N–H and O–H groups in total. The van der Waals surface area contributed by atoms with Gasteiger partial charge in [-0.05, 0) is 5.01 Å². The summed E-state index contributed by atoms with van der Waals surface area (Å²) in [5.74, 6) is 0.129. The van der Waals surface area contributed by atoms with Gasteiger partial charge in [0.2, 0.25) is 5.69 Å². The van der Waals surface area contributed by atoms with Crippen LogP contribution < -0.4 is 5.01 Å². The molecule has 0 unspecified atom stereocenters. The molecule has 0 amide bonds. The maximum Gasteiger partial charge on any atom is 0.203 e. The molecular formula is C15H22N2O3S+. The van der Waals surface area contributed by atoms with Gasteiger partial charge in [0.15, 0.2) is 16.4 Å². The molecule has 0 aliphatic carbocycles. The molecule has 0 spiro atoms. The Morgan fingerprint density at radius 3 is 2.52 bits per heavy atom. The van der Waals surface area contributed by atoms with Crippen LogP contribution in [0.15, 0.2) is 42.3 Å². The SMILES string of the molecule is C=CS(=O)(=O)CCC[N+](c1ccccc1)N1CCOCC1. The first-order valence-corrected chi connectivity index (χ1v) is 8.84. The lowest BCUT2D eigenvalue weighted by Gasteiger charge is -2.27. The third-order valence-electron chi connectivity index (χ3n) is 3.44. The summed E-state index contributed by atoms with van der Waals surface area (Å²) in [6.45, 7) is 7.06. The molecule has 21 heavy (non-hydrogen) atoms. The van der Waals surface area contributed by atoms with E-state index in [0.29, 0.717) is 26.2 Å². The van der Waals surface area contributed by atoms with Crippen molar-refractivity contribution in [3.63, 3.8) is 0 Å². The summed E-state index contributed by atoms with van der Waals surface area (Å²) >= 11 is 0. The van der Waals surface area contributed by atoms with Gasteiger partial charge in [0.25, 0.3) is 0 Å². The molecule has 0 aromatic heterocycles. The number of para-hydroxylation sites is 1. The van der Waals surface area contributed by atoms with Crippen molar-refractivity contribution in [2.45, 2.75) is 6.42 Å². The number of morpholine rings is 1. The van der Waals surface area contributed by atoms with E-state index in [1.165, 1.54) is 0 Å². The first kappa shape index (κ1) is 16.2. The molecule has 0 saturated carbocycles. The number of hydrogen-bond acceptors (Lipinski definition) is 5. The largest absolute Gasteiger partial charge is 0.378 e. The van der Waals surface area contributed by atoms with Gasteiger partial charge in [-0.1, -0.05) is 29.8 Å². The van der Waals surface area contributed by atoms with Crippen LogP contribution >= 0.6 is 0 Å². The Morgan fingerprint density at radius 2 is 1.90 bits per heavy atom. The predicted octanol–water partition coefficient (Wildman–Crippen LogP) is 1.65. The monoisotopic (exact) mass is 310 g/mol. The number of hydrogen-bond donors (Lipinski definition) is 0. The molecule has 0 atom stereocenters. The highest BCUT2D eigenvalue weighted by atomic mass is 32.2. The van der Waals surface area contributed by atoms with Crippen molar-refractivity contribution in [2.24, 2.45) is 0 Å². The standard InChI is InChI=1S/C15H22N2O3S/c1-2-21(18,19)14-6-9-17(15-7-4-3-5-8-15)16-10-12-20-13-11-16/h2-5,7-8H,1,6,9-14H2/q+1. The summed E-state index contributed by atoms with van der Waals surface area (Å²) in [6, 6.07) is 10.0. The Balaban J connectivity index is 2.03. The quantitative estimate of drug-likeness (QED) is 0.719. The lowest BCUT2D eigenvalue weighted by atomic mass is 10.3. The zero-order valence-corrected chi connectivity index (χ0v) is 13.0. The summed E-state index contributed by atoms with van der Waals surface area (Å²) in [5.41, 5.74) is 1.08. The molecule has 115 valence electrons. The van der Waals surface area contributed by atoms with E-state index in [2.05, 4.69) is 16.6 Å². The molecule has 1 aliphatic rings. The fraction of sp³-hybridized carbons (Fsp3) is 0.467. The lowest BCUT2D eigenvalue weighted by Crippen LogP contribution is -2.50. The smallest absolute Gasteiger partial charge is 0.203 e. The number of rotatable bonds is 7. The predicted molar refractivity (Wildman–Crippen MR) is 84.1 cm³/mol. The van der Waals surface area contributed by atoms with Crippen molar-refractivity contribution in [3.05, 3.63) is 42.3 Å². The van der Waals surface area contributed by atoms with Gasteiger partial charge in [0.1, 0.15) is 0 Å². The van der Waals surface area contributed by atoms with Crippen LogP contribution in [0.5, 0.6) is 0 Å². The van der Waals surface area contributed by atoms with E-state index in [4.69, 9.17) is 4.74 Å². The first-order chi connectivity index (χ1) is 10.1. The van der Waals surface area contributed by atoms with Crippen LogP contribution in [0.2, 0.25) is 0 Å². The summed E-state index contributed by atoms with van der Waals surface area (Å²) < 4.78 is 28.4. The van der Waals surface area contributed by atoms with Gasteiger partial charge in [-0.2, -0.15) is 0 Å². The summed E-state index contributed by atoms with van der Waals surface area (Å²) in [4.78, 5) is 0. The van der Waals surface area contributed by atoms with E-state index >= 15 is 0 Å². The van der Waals surface area contributed by atoms with Gasteiger partial charge in [-0.25, -0.2) is 8.42 Å². The van der Waals surface area contributed by atoms with Crippen molar-refractivity contribution >= 4 is 15.5 Å². The third-order valence-corrected chi connectivity index (χ3v) is 4.80. The summed E-state index contributed by atoms with van der Waals surface area (Å²) in [6.07, 6.45) is 0.570. The maximum absolute atomic E-state index is 11.5. The van der Waals surface area contributed by atoms with E-state index in [-0.39, 0.29) is 5.75 Å². The van der Waals surface area contributed by atoms with Crippen LogP contribution in [0.3, 0.4) is 0 Å². The van der Waals surface area contributed by atoms with Gasteiger partial charge in [-0.3, -0.25) is 0 Å². The molecule has 1 radical (unpaired) electrons. The zero-order chi connectivity index (χ0) is 15.1. The van der Waals surface area contributed by atoms with Crippen LogP contribution in [-0.4, -0.2) is 52.0 Å². The lowest BCUT2D eigenvalue weighted by molar-refractivity contribution is -0.0154. The Labute approximate surface area is 126 Å². The summed E-state index contributed by atoms with van der Waals surface area (Å²) in [5, 5.41) is 5.41. The Kier molecular flexibility index (Phi) is 5.93. The van der Waals surface area contributed by atoms with Crippen molar-refractivity contribution in [3.8, 4) is 0 Å². The highest BCUT2D eigenvalue weighted by Gasteiger charge is 2.30. The van der Waals surface area contributed by atoms with E-state index < -0.39 is 9.84 Å². The van der Waals surface area contributed by atoms with Crippen molar-refractivity contribution in [2.75, 3.05) is 38.6 Å². The topological polar surface area (TPSA) is 52.5 Å². The Bertz CT molecular complexity index is 539. The number of nitrogens with zero attached hydrogens (tertiary/aromatic N) is 2. The molecule has 1 aliphatic heterocycles. The molecule has 1 saturated heterocycles. The van der Waals surface area contributed by atoms with Gasteiger partial charge in [0.05, 0.1) is 32.1 Å². The fourth-order valence-electron chi connectivity index (χ4n) is 2.33. The minimum atomic E-state index is -3.13. The number of sulfone groups is 1.